The minimum Gasteiger partial charge on any atom is -0.489 e. The van der Waals surface area contributed by atoms with Crippen molar-refractivity contribution < 1.29 is 4.74 Å². The molecule has 0 aliphatic rings. The molecule has 2 aromatic rings. The number of thiophene rings is 1. The summed E-state index contributed by atoms with van der Waals surface area (Å²) in [6.45, 7) is 1.96. The van der Waals surface area contributed by atoms with Crippen molar-refractivity contribution in [2.75, 3.05) is 12.4 Å². The first-order valence-electron chi connectivity index (χ1n) is 5.25. The van der Waals surface area contributed by atoms with Gasteiger partial charge in [0.15, 0.2) is 5.82 Å². The third-order valence-electron chi connectivity index (χ3n) is 2.39. The van der Waals surface area contributed by atoms with E-state index in [-0.39, 0.29) is 17.4 Å². The van der Waals surface area contributed by atoms with Crippen molar-refractivity contribution in [3.8, 4) is 5.75 Å². The lowest BCUT2D eigenvalue weighted by atomic mass is 10.3. The summed E-state index contributed by atoms with van der Waals surface area (Å²) in [5.41, 5.74) is -0.314. The van der Waals surface area contributed by atoms with E-state index in [2.05, 4.69) is 15.3 Å². The Bertz CT molecular complexity index is 596. The lowest BCUT2D eigenvalue weighted by Crippen LogP contribution is -2.15. The van der Waals surface area contributed by atoms with E-state index in [1.165, 1.54) is 24.8 Å². The number of H-pyrrole nitrogens is 1. The number of anilines is 1. The molecule has 0 amide bonds. The minimum atomic E-state index is -0.314. The van der Waals surface area contributed by atoms with Crippen LogP contribution in [0.2, 0.25) is 4.34 Å². The first-order valence-corrected chi connectivity index (χ1v) is 6.44. The molecule has 0 bridgehead atoms. The number of methoxy groups -OCH3 is 1. The van der Waals surface area contributed by atoms with Crippen LogP contribution in [-0.2, 0) is 0 Å². The maximum absolute atomic E-state index is 11.5. The lowest BCUT2D eigenvalue weighted by molar-refractivity contribution is 0.407. The van der Waals surface area contributed by atoms with Crippen LogP contribution in [-0.4, -0.2) is 17.1 Å². The molecule has 18 heavy (non-hydrogen) atoms. The van der Waals surface area contributed by atoms with E-state index in [1.54, 1.807) is 0 Å². The van der Waals surface area contributed by atoms with Gasteiger partial charge in [-0.15, -0.1) is 11.3 Å². The fraction of sp³-hybridized carbons (Fsp3) is 0.273. The van der Waals surface area contributed by atoms with Crippen LogP contribution >= 0.6 is 22.9 Å². The quantitative estimate of drug-likeness (QED) is 0.906. The predicted molar refractivity (Wildman–Crippen MR) is 72.8 cm³/mol. The van der Waals surface area contributed by atoms with Crippen molar-refractivity contribution in [3.05, 3.63) is 38.0 Å². The van der Waals surface area contributed by atoms with E-state index in [0.717, 1.165) is 9.21 Å². The number of nitrogens with one attached hydrogen (secondary N) is 2. The van der Waals surface area contributed by atoms with Crippen LogP contribution in [0, 0.1) is 0 Å². The molecular weight excluding hydrogens is 274 g/mol. The average molecular weight is 286 g/mol. The first-order chi connectivity index (χ1) is 8.61. The van der Waals surface area contributed by atoms with Crippen molar-refractivity contribution in [2.24, 2.45) is 0 Å². The molecule has 0 aliphatic heterocycles. The highest BCUT2D eigenvalue weighted by Crippen LogP contribution is 2.29. The number of hydrogen-bond acceptors (Lipinski definition) is 5. The molecule has 0 saturated carbocycles. The number of halogens is 1. The van der Waals surface area contributed by atoms with Crippen molar-refractivity contribution in [3.63, 3.8) is 0 Å². The molecule has 0 aromatic carbocycles. The molecule has 0 fully saturated rings. The summed E-state index contributed by atoms with van der Waals surface area (Å²) >= 11 is 7.37. The zero-order valence-electron chi connectivity index (χ0n) is 9.86. The van der Waals surface area contributed by atoms with Crippen LogP contribution in [0.1, 0.15) is 17.8 Å². The Kier molecular flexibility index (Phi) is 3.88. The van der Waals surface area contributed by atoms with E-state index >= 15 is 0 Å². The van der Waals surface area contributed by atoms with E-state index in [0.29, 0.717) is 5.82 Å². The first kappa shape index (κ1) is 12.9. The molecule has 0 aliphatic carbocycles. The number of aromatic amines is 1. The van der Waals surface area contributed by atoms with Crippen molar-refractivity contribution in [1.29, 1.82) is 0 Å². The van der Waals surface area contributed by atoms with Crippen molar-refractivity contribution in [1.82, 2.24) is 9.97 Å². The number of hydrogen-bond donors (Lipinski definition) is 2. The van der Waals surface area contributed by atoms with E-state index in [9.17, 15) is 4.79 Å². The molecular formula is C11H12ClN3O2S. The predicted octanol–water partition coefficient (Wildman–Crippen LogP) is 2.67. The van der Waals surface area contributed by atoms with Crippen molar-refractivity contribution >= 4 is 28.8 Å². The Morgan fingerprint density at radius 1 is 1.56 bits per heavy atom. The van der Waals surface area contributed by atoms with Gasteiger partial charge in [-0.05, 0) is 19.1 Å². The van der Waals surface area contributed by atoms with Gasteiger partial charge in [0.05, 0.1) is 23.8 Å². The van der Waals surface area contributed by atoms with Gasteiger partial charge in [0.25, 0.3) is 5.56 Å². The Balaban J connectivity index is 2.24. The second kappa shape index (κ2) is 5.41. The fourth-order valence-corrected chi connectivity index (χ4v) is 2.58. The second-order valence-corrected chi connectivity index (χ2v) is 5.37. The third-order valence-corrected chi connectivity index (χ3v) is 3.80. The molecule has 96 valence electrons. The molecule has 7 heteroatoms. The smallest absolute Gasteiger partial charge is 0.295 e. The highest BCUT2D eigenvalue weighted by molar-refractivity contribution is 7.16. The standard InChI is InChI=1S/C11H12ClN3O2S/c1-6(7-3-4-8(12)18-7)15-10-9(17-2)11(16)14-5-13-10/h3-6H,1-2H3,(H2,13,14,15,16). The van der Waals surface area contributed by atoms with Gasteiger partial charge in [-0.2, -0.15) is 0 Å². The molecule has 2 N–H and O–H groups in total. The normalized spacial score (nSPS) is 12.2. The number of ether oxygens (including phenoxy) is 1. The maximum atomic E-state index is 11.5. The Labute approximate surface area is 113 Å². The summed E-state index contributed by atoms with van der Waals surface area (Å²) in [6.07, 6.45) is 1.33. The van der Waals surface area contributed by atoms with Crippen LogP contribution in [0.5, 0.6) is 5.75 Å². The molecule has 2 heterocycles. The van der Waals surface area contributed by atoms with Crippen molar-refractivity contribution in [2.45, 2.75) is 13.0 Å². The summed E-state index contributed by atoms with van der Waals surface area (Å²) in [5.74, 6) is 0.588. The second-order valence-electron chi connectivity index (χ2n) is 3.62. The molecule has 1 unspecified atom stereocenters. The van der Waals surface area contributed by atoms with E-state index < -0.39 is 0 Å². The van der Waals surface area contributed by atoms with Crippen LogP contribution in [0.15, 0.2) is 23.3 Å². The zero-order chi connectivity index (χ0) is 13.1. The van der Waals surface area contributed by atoms with Gasteiger partial charge in [-0.25, -0.2) is 4.98 Å². The van der Waals surface area contributed by atoms with E-state index in [1.807, 2.05) is 19.1 Å². The number of rotatable bonds is 4. The highest BCUT2D eigenvalue weighted by atomic mass is 35.5. The molecule has 0 spiro atoms. The minimum absolute atomic E-state index is 0.00861. The summed E-state index contributed by atoms with van der Waals surface area (Å²) in [4.78, 5) is 19.1. The number of nitrogens with zero attached hydrogens (tertiary/aromatic N) is 1. The van der Waals surface area contributed by atoms with Gasteiger partial charge < -0.3 is 15.0 Å². The Morgan fingerprint density at radius 2 is 2.33 bits per heavy atom. The Hall–Kier alpha value is -1.53. The van der Waals surface area contributed by atoms with Crippen LogP contribution in [0.4, 0.5) is 5.82 Å². The largest absolute Gasteiger partial charge is 0.489 e. The average Bonchev–Trinajstić information content (AvgIpc) is 2.76. The van der Waals surface area contributed by atoms with Crippen LogP contribution in [0.25, 0.3) is 0 Å². The summed E-state index contributed by atoms with van der Waals surface area (Å²) < 4.78 is 5.75. The Morgan fingerprint density at radius 3 is 2.94 bits per heavy atom. The molecule has 5 nitrogen and oxygen atoms in total. The van der Waals surface area contributed by atoms with Gasteiger partial charge in [0, 0.05) is 4.88 Å². The monoisotopic (exact) mass is 285 g/mol. The molecule has 2 rings (SSSR count). The molecule has 0 saturated heterocycles. The molecule has 2 aromatic heterocycles. The zero-order valence-corrected chi connectivity index (χ0v) is 11.4. The topological polar surface area (TPSA) is 67.0 Å². The van der Waals surface area contributed by atoms with E-state index in [4.69, 9.17) is 16.3 Å². The van der Waals surface area contributed by atoms with Gasteiger partial charge in [0.1, 0.15) is 0 Å². The van der Waals surface area contributed by atoms with Gasteiger partial charge in [0.2, 0.25) is 5.75 Å². The summed E-state index contributed by atoms with van der Waals surface area (Å²) in [6, 6.07) is 3.76. The maximum Gasteiger partial charge on any atom is 0.295 e. The highest BCUT2D eigenvalue weighted by Gasteiger charge is 2.14. The fourth-order valence-electron chi connectivity index (χ4n) is 1.52. The summed E-state index contributed by atoms with van der Waals surface area (Å²) in [7, 11) is 1.43. The SMILES string of the molecule is COc1c(NC(C)c2ccc(Cl)s2)nc[nH]c1=O. The van der Waals surface area contributed by atoms with Crippen LogP contribution in [0.3, 0.4) is 0 Å². The van der Waals surface area contributed by atoms with Gasteiger partial charge >= 0.3 is 0 Å². The lowest BCUT2D eigenvalue weighted by Gasteiger charge is -2.14. The molecule has 1 atom stereocenters. The molecule has 0 radical (unpaired) electrons. The van der Waals surface area contributed by atoms with Crippen LogP contribution < -0.4 is 15.6 Å². The van der Waals surface area contributed by atoms with Gasteiger partial charge in [-0.1, -0.05) is 11.6 Å². The summed E-state index contributed by atoms with van der Waals surface area (Å²) in [5, 5.41) is 3.13. The third kappa shape index (κ3) is 2.65. The number of aromatic nitrogens is 2. The van der Waals surface area contributed by atoms with Gasteiger partial charge in [-0.3, -0.25) is 4.79 Å².